The number of Topliss-reactive ketones (excluding diaryl/α,β-unsaturated/α-hetero) is 1. The van der Waals surface area contributed by atoms with Crippen LogP contribution in [0, 0.1) is 28.6 Å². The second-order valence-electron chi connectivity index (χ2n) is 9.86. The number of ketones is 2. The van der Waals surface area contributed by atoms with Gasteiger partial charge >= 0.3 is 5.97 Å². The number of rotatable bonds is 3. The SMILES string of the molecule is CC(=O)OCC(=O)[C@H]1CC[C@H]2[C@@H]3CCC4=CC(=O)C(C)(C)CC4=C3C=C[C@]12C. The van der Waals surface area contributed by atoms with Crippen molar-refractivity contribution in [2.45, 2.75) is 59.8 Å². The summed E-state index contributed by atoms with van der Waals surface area (Å²) in [4.78, 5) is 36.3. The quantitative estimate of drug-likeness (QED) is 0.681. The van der Waals surface area contributed by atoms with Crippen LogP contribution < -0.4 is 0 Å². The van der Waals surface area contributed by atoms with Crippen LogP contribution in [0.4, 0.5) is 0 Å². The summed E-state index contributed by atoms with van der Waals surface area (Å²) < 4.78 is 4.99. The molecule has 0 amide bonds. The minimum atomic E-state index is -0.402. The lowest BCUT2D eigenvalue weighted by molar-refractivity contribution is -0.147. The van der Waals surface area contributed by atoms with Crippen LogP contribution in [0.2, 0.25) is 0 Å². The maximum atomic E-state index is 12.7. The van der Waals surface area contributed by atoms with Gasteiger partial charge in [0.25, 0.3) is 0 Å². The Bertz CT molecular complexity index is 841. The first-order chi connectivity index (χ1) is 13.1. The number of allylic oxidation sites excluding steroid dienone is 6. The van der Waals surface area contributed by atoms with Crippen LogP contribution in [0.1, 0.15) is 59.8 Å². The lowest BCUT2D eigenvalue weighted by Crippen LogP contribution is -2.41. The van der Waals surface area contributed by atoms with E-state index in [1.54, 1.807) is 0 Å². The normalized spacial score (nSPS) is 35.6. The van der Waals surface area contributed by atoms with E-state index in [0.717, 1.165) is 32.1 Å². The summed E-state index contributed by atoms with van der Waals surface area (Å²) in [5.41, 5.74) is 3.49. The van der Waals surface area contributed by atoms with Crippen molar-refractivity contribution in [3.05, 3.63) is 34.9 Å². The van der Waals surface area contributed by atoms with Crippen molar-refractivity contribution in [3.63, 3.8) is 0 Å². The monoisotopic (exact) mass is 382 g/mol. The molecule has 0 heterocycles. The van der Waals surface area contributed by atoms with Gasteiger partial charge in [0.15, 0.2) is 11.6 Å². The van der Waals surface area contributed by atoms with Crippen molar-refractivity contribution in [2.24, 2.45) is 28.6 Å². The summed E-state index contributed by atoms with van der Waals surface area (Å²) in [7, 11) is 0. The molecule has 0 radical (unpaired) electrons. The molecule has 0 aromatic carbocycles. The predicted molar refractivity (Wildman–Crippen MR) is 106 cm³/mol. The van der Waals surface area contributed by atoms with Crippen molar-refractivity contribution in [1.29, 1.82) is 0 Å². The minimum absolute atomic E-state index is 0.0433. The number of esters is 1. The van der Waals surface area contributed by atoms with Crippen molar-refractivity contribution in [3.8, 4) is 0 Å². The molecule has 150 valence electrons. The fourth-order valence-corrected chi connectivity index (χ4v) is 6.08. The first-order valence-corrected chi connectivity index (χ1v) is 10.5. The smallest absolute Gasteiger partial charge is 0.303 e. The van der Waals surface area contributed by atoms with E-state index in [1.807, 2.05) is 19.9 Å². The molecule has 0 aromatic heterocycles. The molecule has 0 unspecified atom stereocenters. The van der Waals surface area contributed by atoms with Gasteiger partial charge in [-0.1, -0.05) is 32.9 Å². The summed E-state index contributed by atoms with van der Waals surface area (Å²) in [5, 5.41) is 0. The van der Waals surface area contributed by atoms with Gasteiger partial charge in [-0.2, -0.15) is 0 Å². The average Bonchev–Trinajstić information content (AvgIpc) is 2.97. The second kappa shape index (κ2) is 6.53. The summed E-state index contributed by atoms with van der Waals surface area (Å²) in [6.45, 7) is 7.51. The van der Waals surface area contributed by atoms with E-state index in [1.165, 1.54) is 23.6 Å². The van der Waals surface area contributed by atoms with Crippen LogP contribution in [0.25, 0.3) is 0 Å². The largest absolute Gasteiger partial charge is 0.458 e. The van der Waals surface area contributed by atoms with Crippen LogP contribution in [-0.4, -0.2) is 24.1 Å². The molecule has 0 spiro atoms. The van der Waals surface area contributed by atoms with Gasteiger partial charge in [-0.3, -0.25) is 14.4 Å². The molecular formula is C24H30O4. The Balaban J connectivity index is 1.67. The molecule has 4 aliphatic rings. The lowest BCUT2D eigenvalue weighted by Gasteiger charge is -2.46. The summed E-state index contributed by atoms with van der Waals surface area (Å²) >= 11 is 0. The van der Waals surface area contributed by atoms with Gasteiger partial charge in [0.1, 0.15) is 6.61 Å². The Morgan fingerprint density at radius 3 is 2.64 bits per heavy atom. The number of hydrogen-bond acceptors (Lipinski definition) is 4. The van der Waals surface area contributed by atoms with Crippen LogP contribution in [0.15, 0.2) is 34.9 Å². The second-order valence-corrected chi connectivity index (χ2v) is 9.86. The molecule has 0 bridgehead atoms. The molecule has 0 aliphatic heterocycles. The zero-order valence-corrected chi connectivity index (χ0v) is 17.3. The average molecular weight is 383 g/mol. The van der Waals surface area contributed by atoms with Gasteiger partial charge in [0, 0.05) is 18.3 Å². The molecule has 4 heteroatoms. The zero-order chi connectivity index (χ0) is 20.3. The Morgan fingerprint density at radius 1 is 1.18 bits per heavy atom. The molecular weight excluding hydrogens is 352 g/mol. The maximum absolute atomic E-state index is 12.7. The van der Waals surface area contributed by atoms with Gasteiger partial charge in [-0.05, 0) is 72.2 Å². The molecule has 0 N–H and O–H groups in total. The zero-order valence-electron chi connectivity index (χ0n) is 17.3. The molecule has 0 aromatic rings. The number of carbonyl (C=O) groups is 3. The Morgan fingerprint density at radius 2 is 1.93 bits per heavy atom. The highest BCUT2D eigenvalue weighted by molar-refractivity contribution is 5.97. The molecule has 0 saturated heterocycles. The van der Waals surface area contributed by atoms with Gasteiger partial charge < -0.3 is 4.74 Å². The molecule has 4 atom stereocenters. The summed E-state index contributed by atoms with van der Waals surface area (Å²) in [5.74, 6) is 0.696. The van der Waals surface area contributed by atoms with Crippen molar-refractivity contribution >= 4 is 17.5 Å². The van der Waals surface area contributed by atoms with E-state index in [-0.39, 0.29) is 34.9 Å². The first kappa shape index (κ1) is 19.4. The maximum Gasteiger partial charge on any atom is 0.303 e. The highest BCUT2D eigenvalue weighted by Gasteiger charge is 2.54. The Labute approximate surface area is 167 Å². The minimum Gasteiger partial charge on any atom is -0.458 e. The number of carbonyl (C=O) groups excluding carboxylic acids is 3. The summed E-state index contributed by atoms with van der Waals surface area (Å²) in [6.07, 6.45) is 11.1. The molecule has 1 fully saturated rings. The third-order valence-electron chi connectivity index (χ3n) is 7.68. The van der Waals surface area contributed by atoms with Gasteiger partial charge in [0.05, 0.1) is 0 Å². The lowest BCUT2D eigenvalue weighted by atomic mass is 9.57. The Hall–Kier alpha value is -1.97. The molecule has 4 aliphatic carbocycles. The summed E-state index contributed by atoms with van der Waals surface area (Å²) in [6, 6.07) is 0. The third-order valence-corrected chi connectivity index (χ3v) is 7.68. The van der Waals surface area contributed by atoms with Crippen LogP contribution in [-0.2, 0) is 19.1 Å². The standard InChI is InChI=1S/C24H30O4/c1-14(25)28-13-21(26)20-8-7-19-17-6-5-15-11-22(27)23(2,3)12-18(15)16(17)9-10-24(19,20)4/h9-11,17,19-20H,5-8,12-13H2,1-4H3/t17-,19+,20-,24+/m1/s1. The molecule has 1 saturated carbocycles. The van der Waals surface area contributed by atoms with Crippen LogP contribution in [0.3, 0.4) is 0 Å². The van der Waals surface area contributed by atoms with E-state index in [9.17, 15) is 14.4 Å². The van der Waals surface area contributed by atoms with E-state index in [4.69, 9.17) is 4.74 Å². The van der Waals surface area contributed by atoms with E-state index < -0.39 is 5.97 Å². The van der Waals surface area contributed by atoms with Gasteiger partial charge in [-0.15, -0.1) is 0 Å². The van der Waals surface area contributed by atoms with E-state index >= 15 is 0 Å². The molecule has 4 nitrogen and oxygen atoms in total. The first-order valence-electron chi connectivity index (χ1n) is 10.5. The van der Waals surface area contributed by atoms with Crippen molar-refractivity contribution in [1.82, 2.24) is 0 Å². The number of hydrogen-bond donors (Lipinski definition) is 0. The fourth-order valence-electron chi connectivity index (χ4n) is 6.08. The molecule has 28 heavy (non-hydrogen) atoms. The van der Waals surface area contributed by atoms with Crippen molar-refractivity contribution in [2.75, 3.05) is 6.61 Å². The highest BCUT2D eigenvalue weighted by Crippen LogP contribution is 2.60. The van der Waals surface area contributed by atoms with Crippen molar-refractivity contribution < 1.29 is 19.1 Å². The van der Waals surface area contributed by atoms with Gasteiger partial charge in [-0.25, -0.2) is 0 Å². The molecule has 4 rings (SSSR count). The van der Waals surface area contributed by atoms with E-state index in [2.05, 4.69) is 19.1 Å². The predicted octanol–water partition coefficient (Wildman–Crippen LogP) is 4.35. The van der Waals surface area contributed by atoms with Crippen LogP contribution >= 0.6 is 0 Å². The number of ether oxygens (including phenoxy) is 1. The van der Waals surface area contributed by atoms with E-state index in [0.29, 0.717) is 11.8 Å². The van der Waals surface area contributed by atoms with Gasteiger partial charge in [0.2, 0.25) is 0 Å². The number of fused-ring (bicyclic) bond motifs is 4. The Kier molecular flexibility index (Phi) is 4.52. The highest BCUT2D eigenvalue weighted by atomic mass is 16.5. The van der Waals surface area contributed by atoms with Crippen LogP contribution in [0.5, 0.6) is 0 Å². The topological polar surface area (TPSA) is 60.4 Å². The third kappa shape index (κ3) is 2.92. The fraction of sp³-hybridized carbons (Fsp3) is 0.625.